The zero-order chi connectivity index (χ0) is 35.0. The highest BCUT2D eigenvalue weighted by Gasteiger charge is 2.20. The minimum Gasteiger partial charge on any atom is -0.490 e. The number of esters is 4. The summed E-state index contributed by atoms with van der Waals surface area (Å²) in [6, 6.07) is 19.5. The monoisotopic (exact) mass is 670 g/mol. The van der Waals surface area contributed by atoms with Crippen LogP contribution in [0, 0.1) is 0 Å². The van der Waals surface area contributed by atoms with Crippen LogP contribution in [-0.2, 0) is 35.0 Å². The van der Waals surface area contributed by atoms with Gasteiger partial charge in [0.15, 0.2) is 0 Å². The van der Waals surface area contributed by atoms with Crippen LogP contribution in [0.4, 0.5) is 0 Å². The van der Waals surface area contributed by atoms with Crippen molar-refractivity contribution in [3.8, 4) is 28.4 Å². The van der Waals surface area contributed by atoms with E-state index in [4.69, 9.17) is 28.4 Å². The molecule has 0 spiro atoms. The van der Waals surface area contributed by atoms with Crippen LogP contribution in [0.15, 0.2) is 91.5 Å². The quantitative estimate of drug-likeness (QED) is 0.0488. The number of carbonyl (C=O) groups excluding carboxylic acids is 4. The molecule has 0 aromatic heterocycles. The van der Waals surface area contributed by atoms with E-state index in [-0.39, 0.29) is 44.5 Å². The van der Waals surface area contributed by atoms with Crippen LogP contribution in [0.25, 0.3) is 11.1 Å². The third-order valence-corrected chi connectivity index (χ3v) is 7.77. The summed E-state index contributed by atoms with van der Waals surface area (Å²) in [6.45, 7) is 9.42. The topological polar surface area (TPSA) is 124 Å². The number of hydrogen-bond donors (Lipinski definition) is 0. The average molecular weight is 671 g/mol. The molecule has 1 fully saturated rings. The minimum absolute atomic E-state index is 0.00175. The molecule has 4 rings (SSSR count). The van der Waals surface area contributed by atoms with Gasteiger partial charge in [-0.25, -0.2) is 14.4 Å². The lowest BCUT2D eigenvalue weighted by atomic mass is 9.96. The first-order chi connectivity index (χ1) is 23.7. The van der Waals surface area contributed by atoms with E-state index in [1.807, 2.05) is 43.3 Å². The first-order valence-electron chi connectivity index (χ1n) is 16.4. The first-order valence-corrected chi connectivity index (χ1v) is 16.4. The molecule has 3 aromatic carbocycles. The molecular weight excluding hydrogens is 628 g/mol. The number of aryl methyl sites for hydroxylation is 1. The summed E-state index contributed by atoms with van der Waals surface area (Å²) in [7, 11) is 0. The van der Waals surface area contributed by atoms with Gasteiger partial charge >= 0.3 is 23.9 Å². The maximum Gasteiger partial charge on any atom is 0.343 e. The Morgan fingerprint density at radius 3 is 2.02 bits per heavy atom. The summed E-state index contributed by atoms with van der Waals surface area (Å²) in [5.74, 6) is -0.607. The Labute approximate surface area is 286 Å². The standard InChI is InChI=1S/C39H42O10/c1-4-28-26-30(39(43)49-34-18-16-32(17-19-34)44-21-23-46-36(40)5-2)13-20-35(28)29-11-14-31(15-12-29)45-22-24-47-38(42)27(3)25-37(41)48-33-9-7-6-8-10-33/h5,11-20,26,33H,2-4,6-10,21-25H2,1H3. The fraction of sp³-hybridized carbons (Fsp3) is 0.333. The molecule has 0 amide bonds. The van der Waals surface area contributed by atoms with Crippen molar-refractivity contribution in [1.82, 2.24) is 0 Å². The van der Waals surface area contributed by atoms with Crippen molar-refractivity contribution in [3.63, 3.8) is 0 Å². The van der Waals surface area contributed by atoms with Crippen LogP contribution in [-0.4, -0.2) is 56.4 Å². The number of carbonyl (C=O) groups is 4. The van der Waals surface area contributed by atoms with Crippen LogP contribution < -0.4 is 14.2 Å². The van der Waals surface area contributed by atoms with Crippen LogP contribution in [0.1, 0.15) is 61.4 Å². The van der Waals surface area contributed by atoms with Crippen molar-refractivity contribution in [2.45, 2.75) is 58.0 Å². The summed E-state index contributed by atoms with van der Waals surface area (Å²) in [5, 5.41) is 0. The van der Waals surface area contributed by atoms with Crippen molar-refractivity contribution < 1.29 is 47.6 Å². The molecule has 1 saturated carbocycles. The lowest BCUT2D eigenvalue weighted by molar-refractivity contribution is -0.151. The van der Waals surface area contributed by atoms with Gasteiger partial charge < -0.3 is 28.4 Å². The van der Waals surface area contributed by atoms with Gasteiger partial charge in [0.2, 0.25) is 0 Å². The molecule has 1 aliphatic rings. The van der Waals surface area contributed by atoms with Crippen LogP contribution in [0.3, 0.4) is 0 Å². The Morgan fingerprint density at radius 2 is 1.39 bits per heavy atom. The second-order valence-corrected chi connectivity index (χ2v) is 11.3. The molecule has 0 radical (unpaired) electrons. The van der Waals surface area contributed by atoms with E-state index in [0.29, 0.717) is 29.2 Å². The summed E-state index contributed by atoms with van der Waals surface area (Å²) in [5.41, 5.74) is 3.36. The minimum atomic E-state index is -0.649. The summed E-state index contributed by atoms with van der Waals surface area (Å²) < 4.78 is 32.3. The Hall–Kier alpha value is -5.38. The Bertz CT molecular complexity index is 1600. The molecule has 10 heteroatoms. The molecule has 0 aliphatic heterocycles. The molecule has 10 nitrogen and oxygen atoms in total. The second kappa shape index (κ2) is 18.8. The van der Waals surface area contributed by atoms with Gasteiger partial charge in [0, 0.05) is 11.6 Å². The van der Waals surface area contributed by atoms with Crippen LogP contribution in [0.5, 0.6) is 17.2 Å². The van der Waals surface area contributed by atoms with E-state index in [1.54, 1.807) is 30.3 Å². The molecule has 3 aromatic rings. The fourth-order valence-electron chi connectivity index (χ4n) is 5.21. The predicted molar refractivity (Wildman–Crippen MR) is 182 cm³/mol. The molecule has 258 valence electrons. The van der Waals surface area contributed by atoms with Gasteiger partial charge in [0.05, 0.1) is 12.0 Å². The normalized spacial score (nSPS) is 12.7. The van der Waals surface area contributed by atoms with Gasteiger partial charge in [-0.2, -0.15) is 0 Å². The lowest BCUT2D eigenvalue weighted by Gasteiger charge is -2.21. The first kappa shape index (κ1) is 36.5. The smallest absolute Gasteiger partial charge is 0.343 e. The molecule has 0 bridgehead atoms. The zero-order valence-corrected chi connectivity index (χ0v) is 27.8. The molecule has 0 saturated heterocycles. The largest absolute Gasteiger partial charge is 0.490 e. The molecule has 1 aliphatic carbocycles. The number of rotatable bonds is 17. The highest BCUT2D eigenvalue weighted by Crippen LogP contribution is 2.28. The molecule has 0 unspecified atom stereocenters. The third kappa shape index (κ3) is 11.7. The Morgan fingerprint density at radius 1 is 0.776 bits per heavy atom. The van der Waals surface area contributed by atoms with Crippen molar-refractivity contribution in [2.75, 3.05) is 26.4 Å². The lowest BCUT2D eigenvalue weighted by Crippen LogP contribution is -2.22. The van der Waals surface area contributed by atoms with Crippen molar-refractivity contribution in [3.05, 3.63) is 103 Å². The van der Waals surface area contributed by atoms with Gasteiger partial charge in [0.25, 0.3) is 0 Å². The summed E-state index contributed by atoms with van der Waals surface area (Å²) in [6.07, 6.45) is 6.49. The fourth-order valence-corrected chi connectivity index (χ4v) is 5.21. The van der Waals surface area contributed by atoms with Crippen LogP contribution in [0.2, 0.25) is 0 Å². The van der Waals surface area contributed by atoms with Gasteiger partial charge in [-0.05, 0) is 97.3 Å². The molecule has 0 heterocycles. The molecule has 0 N–H and O–H groups in total. The maximum atomic E-state index is 12.9. The number of hydrogen-bond acceptors (Lipinski definition) is 10. The Kier molecular flexibility index (Phi) is 14.0. The molecular formula is C39H42O10. The van der Waals surface area contributed by atoms with Crippen LogP contribution >= 0.6 is 0 Å². The summed E-state index contributed by atoms with van der Waals surface area (Å²) in [4.78, 5) is 48.4. The van der Waals surface area contributed by atoms with Crippen molar-refractivity contribution in [2.24, 2.45) is 0 Å². The highest BCUT2D eigenvalue weighted by molar-refractivity contribution is 5.93. The van der Waals surface area contributed by atoms with E-state index in [0.717, 1.165) is 54.9 Å². The van der Waals surface area contributed by atoms with E-state index >= 15 is 0 Å². The van der Waals surface area contributed by atoms with Gasteiger partial charge in [-0.3, -0.25) is 4.79 Å². The van der Waals surface area contributed by atoms with Gasteiger partial charge in [0.1, 0.15) is 49.8 Å². The zero-order valence-electron chi connectivity index (χ0n) is 27.8. The third-order valence-electron chi connectivity index (χ3n) is 7.77. The van der Waals surface area contributed by atoms with Gasteiger partial charge in [-0.15, -0.1) is 0 Å². The second-order valence-electron chi connectivity index (χ2n) is 11.3. The van der Waals surface area contributed by atoms with E-state index in [1.165, 1.54) is 0 Å². The van der Waals surface area contributed by atoms with E-state index < -0.39 is 23.9 Å². The average Bonchev–Trinajstić information content (AvgIpc) is 3.12. The van der Waals surface area contributed by atoms with Crippen molar-refractivity contribution >= 4 is 23.9 Å². The van der Waals surface area contributed by atoms with Crippen molar-refractivity contribution in [1.29, 1.82) is 0 Å². The summed E-state index contributed by atoms with van der Waals surface area (Å²) >= 11 is 0. The number of ether oxygens (including phenoxy) is 6. The van der Waals surface area contributed by atoms with E-state index in [2.05, 4.69) is 13.2 Å². The highest BCUT2D eigenvalue weighted by atomic mass is 16.6. The molecule has 49 heavy (non-hydrogen) atoms. The predicted octanol–water partition coefficient (Wildman–Crippen LogP) is 6.99. The number of benzene rings is 3. The SMILES string of the molecule is C=CC(=O)OCCOc1ccc(OC(=O)c2ccc(-c3ccc(OCCOC(=O)C(=C)CC(=O)OC4CCCCC4)cc3)c(CC)c2)cc1. The maximum absolute atomic E-state index is 12.9. The van der Waals surface area contributed by atoms with Gasteiger partial charge in [-0.1, -0.05) is 44.7 Å². The Balaban J connectivity index is 1.21. The van der Waals surface area contributed by atoms with E-state index in [9.17, 15) is 19.2 Å². The molecule has 0 atom stereocenters.